The van der Waals surface area contributed by atoms with Gasteiger partial charge in [0.2, 0.25) is 0 Å². The first-order valence-electron chi connectivity index (χ1n) is 26.7. The molecule has 0 unspecified atom stereocenters. The predicted octanol–water partition coefficient (Wildman–Crippen LogP) is 14.0. The quantitative estimate of drug-likeness (QED) is 0.0263. The number of aromatic nitrogens is 1. The third-order valence-electron chi connectivity index (χ3n) is 15.0. The fraction of sp³-hybridized carbons (Fsp3) is 0.576. The first kappa shape index (κ1) is 59.6. The van der Waals surface area contributed by atoms with E-state index in [0.29, 0.717) is 37.1 Å². The third kappa shape index (κ3) is 17.4. The molecule has 0 aliphatic carbocycles. The van der Waals surface area contributed by atoms with Crippen molar-refractivity contribution in [2.45, 2.75) is 195 Å². The second-order valence-corrected chi connectivity index (χ2v) is 28.4. The number of hydrogen-bond acceptors (Lipinski definition) is 13. The minimum absolute atomic E-state index is 0.00249. The van der Waals surface area contributed by atoms with Gasteiger partial charge in [-0.25, -0.2) is 9.78 Å². The van der Waals surface area contributed by atoms with Crippen LogP contribution in [0.1, 0.15) is 167 Å². The number of rotatable bonds is 20. The summed E-state index contributed by atoms with van der Waals surface area (Å²) in [5.41, 5.74) is 1.98. The number of benzene rings is 2. The molecule has 2 amide bonds. The highest BCUT2D eigenvalue weighted by Gasteiger charge is 2.49. The number of allylic oxidation sites excluding steroid dienone is 2. The molecular formula is C59H82N2O11SSi. The molecule has 5 rings (SSSR count). The van der Waals surface area contributed by atoms with Crippen LogP contribution >= 0.6 is 11.3 Å². The molecule has 0 saturated heterocycles. The van der Waals surface area contributed by atoms with Crippen LogP contribution in [0.4, 0.5) is 4.79 Å². The van der Waals surface area contributed by atoms with Crippen molar-refractivity contribution in [3.63, 3.8) is 0 Å². The normalized spacial score (nSPS) is 22.1. The number of amides is 2. The molecule has 2 aliphatic rings. The summed E-state index contributed by atoms with van der Waals surface area (Å²) in [6.07, 6.45) is 13.7. The van der Waals surface area contributed by atoms with Gasteiger partial charge in [0.25, 0.3) is 11.8 Å². The Morgan fingerprint density at radius 3 is 2.23 bits per heavy atom. The largest absolute Gasteiger partial charge is 0.508 e. The molecule has 0 N–H and O–H groups in total. The van der Waals surface area contributed by atoms with Crippen LogP contribution in [0.3, 0.4) is 0 Å². The third-order valence-corrected chi connectivity index (χ3v) is 20.4. The zero-order valence-corrected chi connectivity index (χ0v) is 47.6. The zero-order chi connectivity index (χ0) is 54.2. The number of Topliss-reactive ketones (excluding diaryl/α,β-unsaturated/α-hetero) is 1. The van der Waals surface area contributed by atoms with Crippen LogP contribution < -0.4 is 4.74 Å². The van der Waals surface area contributed by atoms with Gasteiger partial charge in [0.15, 0.2) is 8.32 Å². The number of imide groups is 1. The van der Waals surface area contributed by atoms with Crippen LogP contribution in [-0.4, -0.2) is 72.6 Å². The number of ether oxygens (including phenoxy) is 4. The Morgan fingerprint density at radius 1 is 0.932 bits per heavy atom. The van der Waals surface area contributed by atoms with Gasteiger partial charge < -0.3 is 23.4 Å². The number of carbonyl (C=O) groups is 6. The molecule has 13 nitrogen and oxygen atoms in total. The Morgan fingerprint density at radius 2 is 1.58 bits per heavy atom. The number of esters is 2. The molecule has 1 aromatic heterocycles. The standard InChI is InChI=1S/C59H82N2O11SSi/c1-12-22-46-55(72-74(10,11)58(5,6)7)41(3)24-21-23-40(2)26-32-48(44-29-33-49-47(37-44)60-42(4)73-49)70-54(65)38-50(59(8,9)56(46)66)71-57(67)68-39-43-27-30-45(31-28-43)69-53(64)25-19-17-15-13-14-16-18-20-36-61-51(62)34-35-52(61)63/h12,26-31,33-35,37,41,46,48,50,55H,1,13-25,32,36,38-39H2,2-11H3/b40-26-/t41-,46+,48-,50-,55-/m0/s1. The van der Waals surface area contributed by atoms with Crippen molar-refractivity contribution in [2.24, 2.45) is 17.3 Å². The van der Waals surface area contributed by atoms with Crippen LogP contribution in [0.15, 0.2) is 78.9 Å². The average Bonchev–Trinajstić information content (AvgIpc) is 3.88. The topological polar surface area (TPSA) is 165 Å². The molecule has 0 radical (unpaired) electrons. The van der Waals surface area contributed by atoms with E-state index in [9.17, 15) is 24.0 Å². The number of carbonyl (C=O) groups excluding carboxylic acids is 6. The zero-order valence-electron chi connectivity index (χ0n) is 45.8. The molecule has 15 heteroatoms. The Kier molecular flexibility index (Phi) is 22.2. The van der Waals surface area contributed by atoms with Crippen LogP contribution in [0.5, 0.6) is 5.75 Å². The number of ketones is 1. The van der Waals surface area contributed by atoms with E-state index in [0.717, 1.165) is 85.0 Å². The van der Waals surface area contributed by atoms with Crippen molar-refractivity contribution in [1.29, 1.82) is 0 Å². The van der Waals surface area contributed by atoms with E-state index in [1.807, 2.05) is 25.1 Å². The van der Waals surface area contributed by atoms with Gasteiger partial charge in [-0.3, -0.25) is 28.9 Å². The summed E-state index contributed by atoms with van der Waals surface area (Å²) in [6, 6.07) is 12.6. The summed E-state index contributed by atoms with van der Waals surface area (Å²) in [5, 5.41) is 0.803. The molecule has 5 atom stereocenters. The van der Waals surface area contributed by atoms with Crippen molar-refractivity contribution >= 4 is 65.6 Å². The number of unbranched alkanes of at least 4 members (excludes halogenated alkanes) is 7. The van der Waals surface area contributed by atoms with Crippen molar-refractivity contribution in [3.8, 4) is 5.75 Å². The average molecular weight is 1060 g/mol. The lowest BCUT2D eigenvalue weighted by Crippen LogP contribution is -2.52. The summed E-state index contributed by atoms with van der Waals surface area (Å²) >= 11 is 1.60. The maximum absolute atomic E-state index is 15.3. The molecule has 2 aromatic carbocycles. The number of cyclic esters (lactones) is 1. The first-order chi connectivity index (χ1) is 35.0. The Labute approximate surface area is 445 Å². The highest BCUT2D eigenvalue weighted by atomic mass is 32.1. The van der Waals surface area contributed by atoms with E-state index in [4.69, 9.17) is 23.4 Å². The minimum atomic E-state index is -2.42. The Bertz CT molecular complexity index is 2470. The molecule has 0 fully saturated rings. The van der Waals surface area contributed by atoms with E-state index in [2.05, 4.69) is 65.4 Å². The van der Waals surface area contributed by atoms with Gasteiger partial charge in [0.1, 0.15) is 30.3 Å². The first-order valence-corrected chi connectivity index (χ1v) is 30.4. The fourth-order valence-electron chi connectivity index (χ4n) is 9.29. The minimum Gasteiger partial charge on any atom is -0.457 e. The van der Waals surface area contributed by atoms with E-state index >= 15 is 4.79 Å². The summed E-state index contributed by atoms with van der Waals surface area (Å²) in [4.78, 5) is 85.4. The monoisotopic (exact) mass is 1050 g/mol. The van der Waals surface area contributed by atoms with E-state index < -0.39 is 56.5 Å². The maximum Gasteiger partial charge on any atom is 0.508 e. The molecule has 0 spiro atoms. The lowest BCUT2D eigenvalue weighted by molar-refractivity contribution is -0.157. The summed E-state index contributed by atoms with van der Waals surface area (Å²) < 4.78 is 31.8. The molecule has 74 heavy (non-hydrogen) atoms. The molecule has 3 heterocycles. The number of aryl methyl sites for hydroxylation is 1. The lowest BCUT2D eigenvalue weighted by atomic mass is 9.71. The lowest BCUT2D eigenvalue weighted by Gasteiger charge is -2.45. The van der Waals surface area contributed by atoms with Crippen LogP contribution in [-0.2, 0) is 49.2 Å². The molecule has 3 aromatic rings. The van der Waals surface area contributed by atoms with Crippen LogP contribution in [0.25, 0.3) is 10.2 Å². The van der Waals surface area contributed by atoms with E-state index in [-0.39, 0.29) is 47.6 Å². The number of hydrogen-bond donors (Lipinski definition) is 0. The molecule has 0 bridgehead atoms. The van der Waals surface area contributed by atoms with Gasteiger partial charge in [-0.2, -0.15) is 0 Å². The van der Waals surface area contributed by atoms with Gasteiger partial charge in [-0.05, 0) is 126 Å². The van der Waals surface area contributed by atoms with Crippen molar-refractivity contribution in [1.82, 2.24) is 9.88 Å². The Hall–Kier alpha value is -5.25. The van der Waals surface area contributed by atoms with Crippen molar-refractivity contribution < 1.29 is 52.1 Å². The molecular weight excluding hydrogens is 973 g/mol. The van der Waals surface area contributed by atoms with Gasteiger partial charge in [-0.15, -0.1) is 17.9 Å². The predicted molar refractivity (Wildman–Crippen MR) is 293 cm³/mol. The highest BCUT2D eigenvalue weighted by Crippen LogP contribution is 2.43. The smallest absolute Gasteiger partial charge is 0.457 e. The van der Waals surface area contributed by atoms with Gasteiger partial charge in [0, 0.05) is 37.5 Å². The maximum atomic E-state index is 15.3. The SMILES string of the molecule is C=CC[C@H]1C(=O)C(C)(C)[C@@H](OC(=O)OCc2ccc(OC(=O)CCCCCCCCCCN3C(=O)C=CC3=O)cc2)CC(=O)O[C@H](c2ccc3sc(C)nc3c2)C/C=C(/C)CCC[C@H](C)[C@@H]1O[Si](C)(C)C(C)(C)C. The van der Waals surface area contributed by atoms with Gasteiger partial charge in [-0.1, -0.05) is 102 Å². The highest BCUT2D eigenvalue weighted by molar-refractivity contribution is 7.18. The van der Waals surface area contributed by atoms with Crippen LogP contribution in [0, 0.1) is 24.2 Å². The van der Waals surface area contributed by atoms with Crippen molar-refractivity contribution in [3.05, 3.63) is 95.1 Å². The summed E-state index contributed by atoms with van der Waals surface area (Å²) in [5.74, 6) is -1.93. The number of fused-ring (bicyclic) bond motifs is 1. The van der Waals surface area contributed by atoms with E-state index in [1.165, 1.54) is 22.6 Å². The summed E-state index contributed by atoms with van der Waals surface area (Å²) in [6.45, 7) is 24.9. The second kappa shape index (κ2) is 27.5. The fourth-order valence-corrected chi connectivity index (χ4v) is 11.5. The van der Waals surface area contributed by atoms with Crippen molar-refractivity contribution in [2.75, 3.05) is 6.54 Å². The van der Waals surface area contributed by atoms with Crippen LogP contribution in [0.2, 0.25) is 18.1 Å². The van der Waals surface area contributed by atoms with Gasteiger partial charge in [0.05, 0.1) is 33.2 Å². The molecule has 404 valence electrons. The number of thiazole rings is 1. The molecule has 0 saturated carbocycles. The molecule has 2 aliphatic heterocycles. The second-order valence-electron chi connectivity index (χ2n) is 22.4. The van der Waals surface area contributed by atoms with Gasteiger partial charge >= 0.3 is 18.1 Å². The number of nitrogens with zero attached hydrogens (tertiary/aromatic N) is 2. The van der Waals surface area contributed by atoms with E-state index in [1.54, 1.807) is 55.5 Å². The summed E-state index contributed by atoms with van der Waals surface area (Å²) in [7, 11) is -2.42. The Balaban J connectivity index is 1.24.